The van der Waals surface area contributed by atoms with Crippen LogP contribution in [0.15, 0.2) is 29.0 Å². The van der Waals surface area contributed by atoms with Gasteiger partial charge in [-0.25, -0.2) is 4.98 Å². The van der Waals surface area contributed by atoms with Gasteiger partial charge in [0.25, 0.3) is 0 Å². The van der Waals surface area contributed by atoms with Crippen molar-refractivity contribution in [2.24, 2.45) is 7.05 Å². The Bertz CT molecular complexity index is 600. The van der Waals surface area contributed by atoms with Gasteiger partial charge in [0.1, 0.15) is 12.2 Å². The van der Waals surface area contributed by atoms with Gasteiger partial charge in [-0.15, -0.1) is 13.2 Å². The molecule has 0 radical (unpaired) electrons. The third kappa shape index (κ3) is 3.86. The van der Waals surface area contributed by atoms with Crippen molar-refractivity contribution in [1.29, 1.82) is 0 Å². The maximum atomic E-state index is 12.3. The second kappa shape index (κ2) is 5.70. The van der Waals surface area contributed by atoms with Gasteiger partial charge in [0.15, 0.2) is 5.75 Å². The molecule has 0 aliphatic rings. The number of alkyl halides is 3. The van der Waals surface area contributed by atoms with E-state index in [2.05, 4.69) is 36.1 Å². The number of aryl methyl sites for hydroxylation is 1. The van der Waals surface area contributed by atoms with Crippen LogP contribution in [0.3, 0.4) is 0 Å². The lowest BCUT2D eigenvalue weighted by atomic mass is 10.3. The molecule has 5 nitrogen and oxygen atoms in total. The van der Waals surface area contributed by atoms with Crippen LogP contribution in [0.4, 0.5) is 18.9 Å². The number of aromatic nitrogens is 3. The summed E-state index contributed by atoms with van der Waals surface area (Å²) in [5, 5.41) is 6.71. The van der Waals surface area contributed by atoms with E-state index >= 15 is 0 Å². The van der Waals surface area contributed by atoms with Gasteiger partial charge in [0, 0.05) is 11.5 Å². The quantitative estimate of drug-likeness (QED) is 0.920. The Balaban J connectivity index is 2.16. The maximum absolute atomic E-state index is 12.3. The minimum atomic E-state index is -4.75. The third-order valence-electron chi connectivity index (χ3n) is 2.41. The summed E-state index contributed by atoms with van der Waals surface area (Å²) < 4.78 is 43.0. The van der Waals surface area contributed by atoms with Crippen molar-refractivity contribution in [2.75, 3.05) is 5.32 Å². The maximum Gasteiger partial charge on any atom is 0.573 e. The molecule has 9 heteroatoms. The second-order valence-corrected chi connectivity index (χ2v) is 4.76. The van der Waals surface area contributed by atoms with E-state index in [1.54, 1.807) is 13.1 Å². The zero-order valence-electron chi connectivity index (χ0n) is 10.3. The molecule has 1 N–H and O–H groups in total. The van der Waals surface area contributed by atoms with Crippen LogP contribution in [0.25, 0.3) is 0 Å². The molecular weight excluding hydrogens is 341 g/mol. The van der Waals surface area contributed by atoms with Crippen molar-refractivity contribution >= 4 is 21.6 Å². The molecule has 1 aromatic heterocycles. The van der Waals surface area contributed by atoms with Crippen molar-refractivity contribution in [3.8, 4) is 5.75 Å². The molecule has 0 atom stereocenters. The zero-order valence-corrected chi connectivity index (χ0v) is 11.9. The summed E-state index contributed by atoms with van der Waals surface area (Å²) >= 11 is 3.10. The first-order chi connectivity index (χ1) is 9.35. The summed E-state index contributed by atoms with van der Waals surface area (Å²) in [7, 11) is 1.69. The molecule has 108 valence electrons. The first-order valence-corrected chi connectivity index (χ1v) is 6.26. The molecule has 0 spiro atoms. The second-order valence-electron chi connectivity index (χ2n) is 3.84. The fourth-order valence-electron chi connectivity index (χ4n) is 1.51. The molecule has 1 heterocycles. The predicted octanol–water partition coefficient (Wildman–Crippen LogP) is 3.09. The van der Waals surface area contributed by atoms with E-state index in [9.17, 15) is 13.2 Å². The Hall–Kier alpha value is -1.77. The summed E-state index contributed by atoms with van der Waals surface area (Å²) in [4.78, 5) is 3.97. The highest BCUT2D eigenvalue weighted by Crippen LogP contribution is 2.33. The number of rotatable bonds is 4. The van der Waals surface area contributed by atoms with Gasteiger partial charge in [-0.2, -0.15) is 5.10 Å². The van der Waals surface area contributed by atoms with Gasteiger partial charge in [-0.05, 0) is 18.2 Å². The molecule has 0 unspecified atom stereocenters. The number of benzene rings is 1. The van der Waals surface area contributed by atoms with Crippen LogP contribution in [-0.4, -0.2) is 21.1 Å². The molecule has 0 saturated carbocycles. The molecule has 20 heavy (non-hydrogen) atoms. The monoisotopic (exact) mass is 350 g/mol. The molecular formula is C11H10BrF3N4O. The van der Waals surface area contributed by atoms with Crippen LogP contribution in [-0.2, 0) is 13.6 Å². The van der Waals surface area contributed by atoms with E-state index in [1.807, 2.05) is 0 Å². The van der Waals surface area contributed by atoms with Crippen LogP contribution in [0, 0.1) is 0 Å². The minimum Gasteiger partial charge on any atom is -0.404 e. The zero-order chi connectivity index (χ0) is 14.8. The number of halogens is 4. The summed E-state index contributed by atoms with van der Waals surface area (Å²) in [6, 6.07) is 4.34. The van der Waals surface area contributed by atoms with Crippen molar-refractivity contribution in [3.05, 3.63) is 34.8 Å². The summed E-state index contributed by atoms with van der Waals surface area (Å²) in [5.74, 6) is 0.278. The number of nitrogens with one attached hydrogen (secondary N) is 1. The van der Waals surface area contributed by atoms with Crippen molar-refractivity contribution in [3.63, 3.8) is 0 Å². The van der Waals surface area contributed by atoms with E-state index in [1.165, 1.54) is 23.1 Å². The molecule has 2 aromatic rings. The fourth-order valence-corrected chi connectivity index (χ4v) is 1.85. The number of hydrogen-bond donors (Lipinski definition) is 1. The number of hydrogen-bond acceptors (Lipinski definition) is 4. The molecule has 2 rings (SSSR count). The minimum absolute atomic E-state index is 0.216. The summed E-state index contributed by atoms with van der Waals surface area (Å²) in [5.41, 5.74) is 0.216. The molecule has 0 fully saturated rings. The highest BCUT2D eigenvalue weighted by atomic mass is 79.9. The van der Waals surface area contributed by atoms with E-state index < -0.39 is 6.36 Å². The summed E-state index contributed by atoms with van der Waals surface area (Å²) in [6.07, 6.45) is -3.38. The van der Waals surface area contributed by atoms with Crippen LogP contribution in [0.2, 0.25) is 0 Å². The van der Waals surface area contributed by atoms with Crippen molar-refractivity contribution in [1.82, 2.24) is 14.8 Å². The average Bonchev–Trinajstić information content (AvgIpc) is 2.72. The molecule has 0 amide bonds. The van der Waals surface area contributed by atoms with Crippen molar-refractivity contribution < 1.29 is 17.9 Å². The Kier molecular flexibility index (Phi) is 4.17. The van der Waals surface area contributed by atoms with Gasteiger partial charge in [0.2, 0.25) is 0 Å². The molecule has 1 aromatic carbocycles. The lowest BCUT2D eigenvalue weighted by Gasteiger charge is -2.14. The Labute approximate surface area is 120 Å². The molecule has 0 aliphatic heterocycles. The number of nitrogens with zero attached hydrogens (tertiary/aromatic N) is 3. The lowest BCUT2D eigenvalue weighted by Crippen LogP contribution is -2.18. The van der Waals surface area contributed by atoms with E-state index in [4.69, 9.17) is 0 Å². The van der Waals surface area contributed by atoms with Crippen LogP contribution < -0.4 is 10.1 Å². The van der Waals surface area contributed by atoms with Crippen LogP contribution >= 0.6 is 15.9 Å². The largest absolute Gasteiger partial charge is 0.573 e. The first kappa shape index (κ1) is 14.6. The van der Waals surface area contributed by atoms with Gasteiger partial charge < -0.3 is 10.1 Å². The van der Waals surface area contributed by atoms with E-state index in [0.29, 0.717) is 10.3 Å². The fraction of sp³-hybridized carbons (Fsp3) is 0.273. The standard InChI is InChI=1S/C11H10BrF3N4O/c1-19-10(17-6-18-19)5-16-8-3-2-7(12)4-9(8)20-11(13,14)15/h2-4,6,16H,5H2,1H3. The molecule has 0 saturated heterocycles. The van der Waals surface area contributed by atoms with Gasteiger partial charge in [-0.3, -0.25) is 4.68 Å². The van der Waals surface area contributed by atoms with E-state index in [0.717, 1.165) is 0 Å². The Morgan fingerprint density at radius 3 is 2.75 bits per heavy atom. The highest BCUT2D eigenvalue weighted by Gasteiger charge is 2.32. The SMILES string of the molecule is Cn1ncnc1CNc1ccc(Br)cc1OC(F)(F)F. The number of anilines is 1. The van der Waals surface area contributed by atoms with Crippen molar-refractivity contribution in [2.45, 2.75) is 12.9 Å². The normalized spacial score (nSPS) is 11.4. The average molecular weight is 351 g/mol. The predicted molar refractivity (Wildman–Crippen MR) is 69.2 cm³/mol. The topological polar surface area (TPSA) is 52.0 Å². The van der Waals surface area contributed by atoms with Crippen LogP contribution in [0.1, 0.15) is 5.82 Å². The lowest BCUT2D eigenvalue weighted by molar-refractivity contribution is -0.274. The Morgan fingerprint density at radius 1 is 1.40 bits per heavy atom. The molecule has 0 aliphatic carbocycles. The smallest absolute Gasteiger partial charge is 0.404 e. The van der Waals surface area contributed by atoms with E-state index in [-0.39, 0.29) is 18.0 Å². The first-order valence-electron chi connectivity index (χ1n) is 5.47. The molecule has 0 bridgehead atoms. The summed E-state index contributed by atoms with van der Waals surface area (Å²) in [6.45, 7) is 0.229. The van der Waals surface area contributed by atoms with Gasteiger partial charge in [-0.1, -0.05) is 15.9 Å². The number of ether oxygens (including phenoxy) is 1. The Morgan fingerprint density at radius 2 is 2.15 bits per heavy atom. The third-order valence-corrected chi connectivity index (χ3v) is 2.90. The highest BCUT2D eigenvalue weighted by molar-refractivity contribution is 9.10. The van der Waals surface area contributed by atoms with Crippen LogP contribution in [0.5, 0.6) is 5.75 Å². The van der Waals surface area contributed by atoms with Gasteiger partial charge >= 0.3 is 6.36 Å². The van der Waals surface area contributed by atoms with Gasteiger partial charge in [0.05, 0.1) is 12.2 Å².